The summed E-state index contributed by atoms with van der Waals surface area (Å²) in [5.41, 5.74) is 8.51. The van der Waals surface area contributed by atoms with Crippen LogP contribution in [-0.4, -0.2) is 7.11 Å². The van der Waals surface area contributed by atoms with E-state index in [0.717, 1.165) is 22.4 Å². The van der Waals surface area contributed by atoms with E-state index in [1.165, 1.54) is 0 Å². The van der Waals surface area contributed by atoms with Gasteiger partial charge in [0.05, 0.1) is 13.2 Å². The van der Waals surface area contributed by atoms with Crippen molar-refractivity contribution < 1.29 is 4.74 Å². The number of nitrogens with two attached hydrogens (primary N) is 1. The van der Waals surface area contributed by atoms with Crippen molar-refractivity contribution in [3.63, 3.8) is 0 Å². The number of nitrogens with zero attached hydrogens (tertiary/aromatic N) is 1. The summed E-state index contributed by atoms with van der Waals surface area (Å²) < 4.78 is 5.17. The quantitative estimate of drug-likeness (QED) is 0.774. The highest BCUT2D eigenvalue weighted by molar-refractivity contribution is 5.44. The summed E-state index contributed by atoms with van der Waals surface area (Å²) in [7, 11) is 1.63. The standard InChI is InChI=1S/C11H14N2O/c1-7-5-11(14-3)8(2)4-9(7)10(13)6-12/h4-5,10H,13H2,1-3H3. The van der Waals surface area contributed by atoms with Gasteiger partial charge in [0.1, 0.15) is 11.8 Å². The van der Waals surface area contributed by atoms with Crippen molar-refractivity contribution in [2.75, 3.05) is 7.11 Å². The minimum Gasteiger partial charge on any atom is -0.496 e. The molecule has 0 aromatic heterocycles. The lowest BCUT2D eigenvalue weighted by Crippen LogP contribution is -2.09. The molecule has 0 aliphatic carbocycles. The Labute approximate surface area is 84.1 Å². The zero-order valence-corrected chi connectivity index (χ0v) is 8.66. The first-order chi connectivity index (χ1) is 6.60. The van der Waals surface area contributed by atoms with Crippen molar-refractivity contribution in [3.05, 3.63) is 28.8 Å². The molecule has 1 aromatic rings. The predicted octanol–water partition coefficient (Wildman–Crippen LogP) is 1.84. The molecule has 74 valence electrons. The van der Waals surface area contributed by atoms with E-state index in [0.29, 0.717) is 0 Å². The zero-order chi connectivity index (χ0) is 10.7. The number of benzene rings is 1. The van der Waals surface area contributed by atoms with Gasteiger partial charge < -0.3 is 10.5 Å². The highest BCUT2D eigenvalue weighted by Crippen LogP contribution is 2.25. The van der Waals surface area contributed by atoms with Crippen LogP contribution in [0.2, 0.25) is 0 Å². The predicted molar refractivity (Wildman–Crippen MR) is 55.0 cm³/mol. The first kappa shape index (κ1) is 10.6. The Hall–Kier alpha value is -1.53. The second-order valence-electron chi connectivity index (χ2n) is 3.29. The number of ether oxygens (including phenoxy) is 1. The summed E-state index contributed by atoms with van der Waals surface area (Å²) in [5.74, 6) is 0.830. The van der Waals surface area contributed by atoms with Crippen LogP contribution in [0, 0.1) is 25.2 Å². The summed E-state index contributed by atoms with van der Waals surface area (Å²) >= 11 is 0. The van der Waals surface area contributed by atoms with Gasteiger partial charge in [-0.05, 0) is 42.7 Å². The monoisotopic (exact) mass is 190 g/mol. The SMILES string of the molecule is COc1cc(C)c(C(N)C#N)cc1C. The van der Waals surface area contributed by atoms with Crippen LogP contribution in [-0.2, 0) is 0 Å². The van der Waals surface area contributed by atoms with Crippen molar-refractivity contribution in [1.82, 2.24) is 0 Å². The molecule has 1 aromatic carbocycles. The first-order valence-electron chi connectivity index (χ1n) is 4.40. The second kappa shape index (κ2) is 4.12. The highest BCUT2D eigenvalue weighted by Gasteiger charge is 2.10. The van der Waals surface area contributed by atoms with Gasteiger partial charge in [-0.15, -0.1) is 0 Å². The van der Waals surface area contributed by atoms with Gasteiger partial charge in [0, 0.05) is 0 Å². The number of rotatable bonds is 2. The molecule has 3 nitrogen and oxygen atoms in total. The van der Waals surface area contributed by atoms with Gasteiger partial charge >= 0.3 is 0 Å². The molecule has 0 heterocycles. The summed E-state index contributed by atoms with van der Waals surface area (Å²) in [6.45, 7) is 3.86. The van der Waals surface area contributed by atoms with Crippen molar-refractivity contribution in [3.8, 4) is 11.8 Å². The van der Waals surface area contributed by atoms with Gasteiger partial charge in [-0.1, -0.05) is 0 Å². The minimum absolute atomic E-state index is 0.556. The van der Waals surface area contributed by atoms with Crippen LogP contribution in [0.1, 0.15) is 22.7 Å². The average Bonchev–Trinajstić information content (AvgIpc) is 2.19. The summed E-state index contributed by atoms with van der Waals surface area (Å²) in [6.07, 6.45) is 0. The molecule has 0 aliphatic rings. The number of hydrogen-bond acceptors (Lipinski definition) is 3. The molecule has 0 bridgehead atoms. The smallest absolute Gasteiger partial charge is 0.122 e. The lowest BCUT2D eigenvalue weighted by molar-refractivity contribution is 0.411. The van der Waals surface area contributed by atoms with E-state index in [-0.39, 0.29) is 0 Å². The normalized spacial score (nSPS) is 11.9. The molecule has 2 N–H and O–H groups in total. The zero-order valence-electron chi connectivity index (χ0n) is 8.66. The molecular weight excluding hydrogens is 176 g/mol. The van der Waals surface area contributed by atoms with E-state index in [4.69, 9.17) is 15.7 Å². The first-order valence-corrected chi connectivity index (χ1v) is 4.40. The van der Waals surface area contributed by atoms with Gasteiger partial charge in [0.15, 0.2) is 0 Å². The Morgan fingerprint density at radius 3 is 2.50 bits per heavy atom. The lowest BCUT2D eigenvalue weighted by Gasteiger charge is -2.12. The maximum atomic E-state index is 8.72. The van der Waals surface area contributed by atoms with E-state index in [1.807, 2.05) is 32.0 Å². The Bertz CT molecular complexity index is 380. The molecule has 1 rings (SSSR count). The average molecular weight is 190 g/mol. The van der Waals surface area contributed by atoms with Crippen LogP contribution < -0.4 is 10.5 Å². The molecule has 1 atom stereocenters. The van der Waals surface area contributed by atoms with Gasteiger partial charge in [-0.25, -0.2) is 0 Å². The maximum absolute atomic E-state index is 8.72. The molecule has 0 spiro atoms. The third-order valence-corrected chi connectivity index (χ3v) is 2.26. The van der Waals surface area contributed by atoms with Crippen LogP contribution in [0.3, 0.4) is 0 Å². The van der Waals surface area contributed by atoms with Crippen molar-refractivity contribution in [2.24, 2.45) is 5.73 Å². The Kier molecular flexibility index (Phi) is 3.10. The molecule has 1 unspecified atom stereocenters. The van der Waals surface area contributed by atoms with E-state index in [1.54, 1.807) is 7.11 Å². The molecule has 0 amide bonds. The third-order valence-electron chi connectivity index (χ3n) is 2.26. The Morgan fingerprint density at radius 1 is 1.36 bits per heavy atom. The molecule has 3 heteroatoms. The van der Waals surface area contributed by atoms with Crippen LogP contribution >= 0.6 is 0 Å². The molecule has 0 saturated heterocycles. The highest BCUT2D eigenvalue weighted by atomic mass is 16.5. The molecule has 0 fully saturated rings. The van der Waals surface area contributed by atoms with Crippen LogP contribution in [0.25, 0.3) is 0 Å². The minimum atomic E-state index is -0.556. The Morgan fingerprint density at radius 2 is 2.00 bits per heavy atom. The molecule has 0 radical (unpaired) electrons. The second-order valence-corrected chi connectivity index (χ2v) is 3.29. The summed E-state index contributed by atoms with van der Waals surface area (Å²) in [6, 6.07) is 5.28. The Balaban J connectivity index is 3.23. The van der Waals surface area contributed by atoms with E-state index in [9.17, 15) is 0 Å². The largest absolute Gasteiger partial charge is 0.496 e. The number of aryl methyl sites for hydroxylation is 2. The van der Waals surface area contributed by atoms with Crippen LogP contribution in [0.4, 0.5) is 0 Å². The van der Waals surface area contributed by atoms with E-state index < -0.39 is 6.04 Å². The number of methoxy groups -OCH3 is 1. The third kappa shape index (κ3) is 1.86. The van der Waals surface area contributed by atoms with Crippen LogP contribution in [0.15, 0.2) is 12.1 Å². The molecule has 14 heavy (non-hydrogen) atoms. The van der Waals surface area contributed by atoms with Gasteiger partial charge in [-0.3, -0.25) is 0 Å². The molecule has 0 aliphatic heterocycles. The lowest BCUT2D eigenvalue weighted by atomic mass is 9.99. The number of nitriles is 1. The van der Waals surface area contributed by atoms with E-state index >= 15 is 0 Å². The van der Waals surface area contributed by atoms with Gasteiger partial charge in [-0.2, -0.15) is 5.26 Å². The molecular formula is C11H14N2O. The van der Waals surface area contributed by atoms with Crippen LogP contribution in [0.5, 0.6) is 5.75 Å². The van der Waals surface area contributed by atoms with Crippen molar-refractivity contribution in [2.45, 2.75) is 19.9 Å². The summed E-state index contributed by atoms with van der Waals surface area (Å²) in [4.78, 5) is 0. The van der Waals surface area contributed by atoms with Crippen molar-refractivity contribution >= 4 is 0 Å². The number of hydrogen-bond donors (Lipinski definition) is 1. The van der Waals surface area contributed by atoms with Gasteiger partial charge in [0.2, 0.25) is 0 Å². The maximum Gasteiger partial charge on any atom is 0.122 e. The molecule has 0 saturated carbocycles. The van der Waals surface area contributed by atoms with Crippen molar-refractivity contribution in [1.29, 1.82) is 5.26 Å². The fourth-order valence-electron chi connectivity index (χ4n) is 1.44. The topological polar surface area (TPSA) is 59.0 Å². The van der Waals surface area contributed by atoms with E-state index in [2.05, 4.69) is 0 Å². The fourth-order valence-corrected chi connectivity index (χ4v) is 1.44. The summed E-state index contributed by atoms with van der Waals surface area (Å²) in [5, 5.41) is 8.72. The fraction of sp³-hybridized carbons (Fsp3) is 0.364. The van der Waals surface area contributed by atoms with Gasteiger partial charge in [0.25, 0.3) is 0 Å².